The molecule has 0 unspecified atom stereocenters. The van der Waals surface area contributed by atoms with Crippen LogP contribution in [0.4, 0.5) is 0 Å². The summed E-state index contributed by atoms with van der Waals surface area (Å²) >= 11 is 0. The molecular formula is C11H17N2O2+. The molecule has 1 aromatic heterocycles. The van der Waals surface area contributed by atoms with Gasteiger partial charge in [-0.25, -0.2) is 9.55 Å². The number of nitrogens with one attached hydrogen (secondary N) is 1. The lowest BCUT2D eigenvalue weighted by Crippen LogP contribution is -2.32. The second kappa shape index (κ2) is 4.04. The Morgan fingerprint density at radius 2 is 2.47 bits per heavy atom. The van der Waals surface area contributed by atoms with Crippen molar-refractivity contribution < 1.29 is 14.1 Å². The normalized spacial score (nSPS) is 25.6. The number of H-pyrrole nitrogens is 1. The van der Waals surface area contributed by atoms with E-state index in [4.69, 9.17) is 4.74 Å². The summed E-state index contributed by atoms with van der Waals surface area (Å²) in [4.78, 5) is 14.4. The molecule has 2 rings (SSSR count). The summed E-state index contributed by atoms with van der Waals surface area (Å²) in [5.41, 5.74) is 1.22. The van der Waals surface area contributed by atoms with Gasteiger partial charge in [0.2, 0.25) is 6.33 Å². The van der Waals surface area contributed by atoms with Gasteiger partial charge in [-0.3, -0.25) is 4.79 Å². The second-order valence-electron chi connectivity index (χ2n) is 4.15. The number of carbonyl (C=O) groups is 1. The number of aromatic amines is 1. The van der Waals surface area contributed by atoms with E-state index < -0.39 is 0 Å². The van der Waals surface area contributed by atoms with Gasteiger partial charge in [0.15, 0.2) is 0 Å². The molecule has 0 aromatic carbocycles. The van der Waals surface area contributed by atoms with Crippen LogP contribution in [0.5, 0.6) is 0 Å². The number of cyclic esters (lactones) is 1. The van der Waals surface area contributed by atoms with E-state index in [1.807, 2.05) is 26.5 Å². The van der Waals surface area contributed by atoms with E-state index in [-0.39, 0.29) is 11.9 Å². The highest BCUT2D eigenvalue weighted by molar-refractivity contribution is 5.74. The lowest BCUT2D eigenvalue weighted by molar-refractivity contribution is -0.677. The maximum atomic E-state index is 11.4. The molecule has 0 bridgehead atoms. The van der Waals surface area contributed by atoms with Gasteiger partial charge in [-0.15, -0.1) is 0 Å². The van der Waals surface area contributed by atoms with E-state index in [1.165, 1.54) is 5.69 Å². The monoisotopic (exact) mass is 209 g/mol. The zero-order valence-electron chi connectivity index (χ0n) is 9.19. The predicted molar refractivity (Wildman–Crippen MR) is 53.9 cm³/mol. The van der Waals surface area contributed by atoms with Crippen molar-refractivity contribution in [3.05, 3.63) is 18.2 Å². The Bertz CT molecular complexity index is 359. The summed E-state index contributed by atoms with van der Waals surface area (Å²) in [5.74, 6) is 0.394. The molecular weight excluding hydrogens is 192 g/mol. The van der Waals surface area contributed by atoms with Crippen molar-refractivity contribution in [1.29, 1.82) is 0 Å². The van der Waals surface area contributed by atoms with Crippen molar-refractivity contribution in [1.82, 2.24) is 4.98 Å². The van der Waals surface area contributed by atoms with Gasteiger partial charge in [0.05, 0.1) is 19.6 Å². The zero-order chi connectivity index (χ0) is 10.8. The molecule has 4 nitrogen and oxygen atoms in total. The van der Waals surface area contributed by atoms with Gasteiger partial charge >= 0.3 is 5.97 Å². The number of nitrogens with zero attached hydrogens (tertiary/aromatic N) is 1. The fourth-order valence-corrected chi connectivity index (χ4v) is 2.21. The van der Waals surface area contributed by atoms with Crippen molar-refractivity contribution >= 4 is 5.97 Å². The maximum absolute atomic E-state index is 11.4. The van der Waals surface area contributed by atoms with Gasteiger partial charge in [0.1, 0.15) is 11.9 Å². The van der Waals surface area contributed by atoms with Gasteiger partial charge in [-0.05, 0) is 6.42 Å². The van der Waals surface area contributed by atoms with Crippen LogP contribution >= 0.6 is 0 Å². The molecule has 1 N–H and O–H groups in total. The van der Waals surface area contributed by atoms with E-state index in [0.29, 0.717) is 12.5 Å². The first-order valence-electron chi connectivity index (χ1n) is 5.40. The standard InChI is InChI=1S/C11H16N2O2/c1-3-10-8(6-15-11(10)14)4-9-5-12-7-13(9)2/h5,7-8,10H,3-4,6H2,1-2H3/p+1/t8-,10-/m0/s1. The minimum Gasteiger partial charge on any atom is -0.465 e. The van der Waals surface area contributed by atoms with Crippen molar-refractivity contribution in [2.24, 2.45) is 18.9 Å². The first-order valence-corrected chi connectivity index (χ1v) is 5.40. The summed E-state index contributed by atoms with van der Waals surface area (Å²) in [7, 11) is 2.00. The Morgan fingerprint density at radius 1 is 1.67 bits per heavy atom. The van der Waals surface area contributed by atoms with Crippen molar-refractivity contribution in [3.8, 4) is 0 Å². The summed E-state index contributed by atoms with van der Waals surface area (Å²) in [6.07, 6.45) is 5.67. The minimum atomic E-state index is -0.0271. The van der Waals surface area contributed by atoms with E-state index in [2.05, 4.69) is 9.55 Å². The molecule has 2 atom stereocenters. The summed E-state index contributed by atoms with van der Waals surface area (Å²) < 4.78 is 7.15. The fraction of sp³-hybridized carbons (Fsp3) is 0.636. The average molecular weight is 209 g/mol. The van der Waals surface area contributed by atoms with E-state index in [1.54, 1.807) is 0 Å². The molecule has 0 aliphatic carbocycles. The Labute approximate surface area is 89.3 Å². The van der Waals surface area contributed by atoms with Crippen LogP contribution in [0.2, 0.25) is 0 Å². The number of aryl methyl sites for hydroxylation is 1. The molecule has 1 aromatic rings. The summed E-state index contributed by atoms with van der Waals surface area (Å²) in [6, 6.07) is 0. The van der Waals surface area contributed by atoms with Crippen LogP contribution in [-0.2, 0) is 23.0 Å². The number of hydrogen-bond acceptors (Lipinski definition) is 2. The number of carbonyl (C=O) groups excluding carboxylic acids is 1. The minimum absolute atomic E-state index is 0.0271. The van der Waals surface area contributed by atoms with Crippen LogP contribution in [0.3, 0.4) is 0 Å². The Balaban J connectivity index is 2.06. The molecule has 2 heterocycles. The molecule has 0 saturated carbocycles. The van der Waals surface area contributed by atoms with Crippen LogP contribution in [0, 0.1) is 11.8 Å². The fourth-order valence-electron chi connectivity index (χ4n) is 2.21. The first kappa shape index (κ1) is 10.2. The Morgan fingerprint density at radius 3 is 3.07 bits per heavy atom. The molecule has 1 saturated heterocycles. The van der Waals surface area contributed by atoms with Gasteiger partial charge < -0.3 is 4.74 Å². The van der Waals surface area contributed by atoms with Crippen molar-refractivity contribution in [2.75, 3.05) is 6.61 Å². The Kier molecular flexibility index (Phi) is 2.75. The van der Waals surface area contributed by atoms with Gasteiger partial charge in [-0.2, -0.15) is 0 Å². The van der Waals surface area contributed by atoms with Crippen molar-refractivity contribution in [3.63, 3.8) is 0 Å². The third-order valence-electron chi connectivity index (χ3n) is 3.19. The molecule has 4 heteroatoms. The second-order valence-corrected chi connectivity index (χ2v) is 4.15. The number of aromatic nitrogens is 2. The van der Waals surface area contributed by atoms with Crippen LogP contribution in [-0.4, -0.2) is 17.6 Å². The molecule has 1 aliphatic heterocycles. The number of ether oxygens (including phenoxy) is 1. The molecule has 15 heavy (non-hydrogen) atoms. The van der Waals surface area contributed by atoms with Gasteiger partial charge in [-0.1, -0.05) is 6.92 Å². The molecule has 0 amide bonds. The van der Waals surface area contributed by atoms with Crippen LogP contribution in [0.1, 0.15) is 19.0 Å². The molecule has 82 valence electrons. The third-order valence-corrected chi connectivity index (χ3v) is 3.19. The van der Waals surface area contributed by atoms with Crippen LogP contribution < -0.4 is 4.57 Å². The number of esters is 1. The average Bonchev–Trinajstić information content (AvgIpc) is 2.76. The Hall–Kier alpha value is -1.32. The maximum Gasteiger partial charge on any atom is 0.309 e. The quantitative estimate of drug-likeness (QED) is 0.584. The smallest absolute Gasteiger partial charge is 0.309 e. The molecule has 0 spiro atoms. The summed E-state index contributed by atoms with van der Waals surface area (Å²) in [5, 5.41) is 0. The van der Waals surface area contributed by atoms with Crippen LogP contribution in [0.15, 0.2) is 12.5 Å². The zero-order valence-corrected chi connectivity index (χ0v) is 9.19. The lowest BCUT2D eigenvalue weighted by Gasteiger charge is -2.10. The largest absolute Gasteiger partial charge is 0.465 e. The topological polar surface area (TPSA) is 46.0 Å². The predicted octanol–water partition coefficient (Wildman–Crippen LogP) is 0.581. The molecule has 1 aliphatic rings. The highest BCUT2D eigenvalue weighted by atomic mass is 16.5. The van der Waals surface area contributed by atoms with E-state index in [9.17, 15) is 4.79 Å². The third kappa shape index (κ3) is 1.89. The highest BCUT2D eigenvalue weighted by Gasteiger charge is 2.36. The van der Waals surface area contributed by atoms with E-state index in [0.717, 1.165) is 12.8 Å². The first-order chi connectivity index (χ1) is 7.22. The number of imidazole rings is 1. The number of hydrogen-bond donors (Lipinski definition) is 1. The SMILES string of the molecule is CC[C@@H]1C(=O)OC[C@@H]1Cc1c[nH]c[n+]1C. The van der Waals surface area contributed by atoms with Gasteiger partial charge in [0, 0.05) is 12.3 Å². The van der Waals surface area contributed by atoms with Crippen LogP contribution in [0.25, 0.3) is 0 Å². The molecule has 1 fully saturated rings. The van der Waals surface area contributed by atoms with E-state index >= 15 is 0 Å². The number of rotatable bonds is 3. The molecule has 0 radical (unpaired) electrons. The van der Waals surface area contributed by atoms with Gasteiger partial charge in [0.25, 0.3) is 0 Å². The lowest BCUT2D eigenvalue weighted by atomic mass is 9.89. The summed E-state index contributed by atoms with van der Waals surface area (Å²) in [6.45, 7) is 2.61. The van der Waals surface area contributed by atoms with Crippen molar-refractivity contribution in [2.45, 2.75) is 19.8 Å². The highest BCUT2D eigenvalue weighted by Crippen LogP contribution is 2.27.